The van der Waals surface area contributed by atoms with Gasteiger partial charge in [-0.15, -0.1) is 11.3 Å². The van der Waals surface area contributed by atoms with Gasteiger partial charge < -0.3 is 15.5 Å². The van der Waals surface area contributed by atoms with Crippen molar-refractivity contribution in [1.82, 2.24) is 24.8 Å². The average Bonchev–Trinajstić information content (AvgIpc) is 3.42. The number of pyridine rings is 1. The summed E-state index contributed by atoms with van der Waals surface area (Å²) in [5, 5.41) is 16.6. The van der Waals surface area contributed by atoms with E-state index in [-0.39, 0.29) is 17.4 Å². The van der Waals surface area contributed by atoms with Gasteiger partial charge in [-0.05, 0) is 56.3 Å². The minimum Gasteiger partial charge on any atom is -0.372 e. The fourth-order valence-corrected chi connectivity index (χ4v) is 7.04. The van der Waals surface area contributed by atoms with E-state index in [1.807, 2.05) is 32.0 Å². The van der Waals surface area contributed by atoms with Crippen LogP contribution < -0.4 is 21.1 Å². The lowest BCUT2D eigenvalue weighted by Crippen LogP contribution is -2.41. The van der Waals surface area contributed by atoms with Gasteiger partial charge in [0, 0.05) is 41.3 Å². The number of nitrogens with one attached hydrogen (secondary N) is 2. The largest absolute Gasteiger partial charge is 0.372 e. The first-order valence-corrected chi connectivity index (χ1v) is 14.9. The fraction of sp³-hybridized carbons (Fsp3) is 0.370. The molecule has 0 radical (unpaired) electrons. The van der Waals surface area contributed by atoms with Crippen LogP contribution in [0.2, 0.25) is 0 Å². The number of anilines is 3. The number of thiazole rings is 1. The number of fused-ring (bicyclic) bond motifs is 1. The van der Waals surface area contributed by atoms with Crippen LogP contribution in [0, 0.1) is 11.3 Å². The number of nitriles is 1. The number of hydrogen-bond donors (Lipinski definition) is 2. The topological polar surface area (TPSA) is 129 Å². The van der Waals surface area contributed by atoms with E-state index in [0.29, 0.717) is 32.9 Å². The molecule has 39 heavy (non-hydrogen) atoms. The van der Waals surface area contributed by atoms with Gasteiger partial charge in [-0.2, -0.15) is 10.2 Å². The molecule has 1 unspecified atom stereocenters. The maximum atomic E-state index is 13.2. The highest BCUT2D eigenvalue weighted by atomic mass is 32.2. The van der Waals surface area contributed by atoms with Crippen LogP contribution in [0.15, 0.2) is 51.0 Å². The van der Waals surface area contributed by atoms with Crippen LogP contribution in [0.4, 0.5) is 17.3 Å². The molecule has 4 heterocycles. The molecule has 10 nitrogen and oxygen atoms in total. The molecule has 1 atom stereocenters. The molecule has 0 aliphatic carbocycles. The molecule has 202 valence electrons. The SMILES string of the molecule is CC(C)S(=O)c1scnc1Cn1c(=O)c(C#N)cc2cnc(Nc3ccc(N(C)C4CCNCC4)cc3)nc21. The summed E-state index contributed by atoms with van der Waals surface area (Å²) >= 11 is 1.30. The summed E-state index contributed by atoms with van der Waals surface area (Å²) in [6.07, 6.45) is 3.83. The highest BCUT2D eigenvalue weighted by molar-refractivity contribution is 7.87. The van der Waals surface area contributed by atoms with E-state index in [9.17, 15) is 14.3 Å². The first-order valence-electron chi connectivity index (χ1n) is 12.8. The molecule has 5 rings (SSSR count). The first kappa shape index (κ1) is 26.9. The smallest absolute Gasteiger partial charge is 0.270 e. The predicted molar refractivity (Wildman–Crippen MR) is 155 cm³/mol. The molecule has 4 aromatic rings. The van der Waals surface area contributed by atoms with Gasteiger partial charge in [0.15, 0.2) is 0 Å². The van der Waals surface area contributed by atoms with E-state index >= 15 is 0 Å². The van der Waals surface area contributed by atoms with Gasteiger partial charge >= 0.3 is 0 Å². The molecule has 0 spiro atoms. The second-order valence-corrected chi connectivity index (χ2v) is 12.8. The molecule has 2 N–H and O–H groups in total. The van der Waals surface area contributed by atoms with Crippen LogP contribution in [0.3, 0.4) is 0 Å². The standard InChI is InChI=1S/C27H30N8O2S2/c1-17(2)39(37)26-23(31-16-38-26)15-35-24-19(12-18(13-28)25(35)36)14-30-27(33-24)32-20-4-6-21(7-5-20)34(3)22-8-10-29-11-9-22/h4-7,12,14,16-17,22,29H,8-11,15H2,1-3H3,(H,30,32,33). The molecule has 1 aliphatic rings. The van der Waals surface area contributed by atoms with E-state index in [0.717, 1.165) is 37.3 Å². The normalized spacial score (nSPS) is 14.8. The van der Waals surface area contributed by atoms with Gasteiger partial charge in [0.25, 0.3) is 5.56 Å². The third-order valence-corrected chi connectivity index (χ3v) is 9.76. The fourth-order valence-electron chi connectivity index (χ4n) is 4.65. The van der Waals surface area contributed by atoms with Crippen molar-refractivity contribution in [3.63, 3.8) is 0 Å². The lowest BCUT2D eigenvalue weighted by Gasteiger charge is -2.33. The maximum Gasteiger partial charge on any atom is 0.270 e. The predicted octanol–water partition coefficient (Wildman–Crippen LogP) is 3.62. The second-order valence-electron chi connectivity index (χ2n) is 9.73. The number of rotatable bonds is 8. The summed E-state index contributed by atoms with van der Waals surface area (Å²) in [5.74, 6) is 0.323. The minimum atomic E-state index is -1.25. The summed E-state index contributed by atoms with van der Waals surface area (Å²) in [5.41, 5.74) is 3.99. The minimum absolute atomic E-state index is 0.0120. The molecule has 0 saturated carbocycles. The van der Waals surface area contributed by atoms with Crippen molar-refractivity contribution in [2.45, 2.75) is 48.7 Å². The Hall–Kier alpha value is -3.66. The van der Waals surface area contributed by atoms with Crippen molar-refractivity contribution in [2.75, 3.05) is 30.4 Å². The van der Waals surface area contributed by atoms with Crippen LogP contribution in [-0.4, -0.2) is 55.2 Å². The number of piperidine rings is 1. The van der Waals surface area contributed by atoms with Crippen LogP contribution in [0.25, 0.3) is 11.0 Å². The van der Waals surface area contributed by atoms with Crippen LogP contribution in [-0.2, 0) is 17.3 Å². The first-order chi connectivity index (χ1) is 18.9. The Kier molecular flexibility index (Phi) is 8.02. The van der Waals surface area contributed by atoms with E-state index in [4.69, 9.17) is 0 Å². The highest BCUT2D eigenvalue weighted by Crippen LogP contribution is 2.25. The second kappa shape index (κ2) is 11.6. The monoisotopic (exact) mass is 562 g/mol. The Morgan fingerprint density at radius 2 is 2.00 bits per heavy atom. The van der Waals surface area contributed by atoms with Gasteiger partial charge in [0.05, 0.1) is 28.5 Å². The van der Waals surface area contributed by atoms with Crippen molar-refractivity contribution in [1.29, 1.82) is 5.26 Å². The molecule has 0 amide bonds. The lowest BCUT2D eigenvalue weighted by molar-refractivity contribution is 0.443. The third kappa shape index (κ3) is 5.71. The van der Waals surface area contributed by atoms with E-state index in [1.165, 1.54) is 22.0 Å². The Balaban J connectivity index is 1.45. The van der Waals surface area contributed by atoms with Crippen LogP contribution in [0.1, 0.15) is 37.9 Å². The van der Waals surface area contributed by atoms with Crippen LogP contribution >= 0.6 is 11.3 Å². The van der Waals surface area contributed by atoms with Crippen molar-refractivity contribution in [3.8, 4) is 6.07 Å². The molecule has 0 bridgehead atoms. The van der Waals surface area contributed by atoms with E-state index in [2.05, 4.69) is 49.7 Å². The van der Waals surface area contributed by atoms with Crippen LogP contribution in [0.5, 0.6) is 0 Å². The van der Waals surface area contributed by atoms with E-state index in [1.54, 1.807) is 11.7 Å². The van der Waals surface area contributed by atoms with Crippen molar-refractivity contribution >= 4 is 50.5 Å². The molecular formula is C27H30N8O2S2. The average molecular weight is 563 g/mol. The molecule has 1 aromatic carbocycles. The van der Waals surface area contributed by atoms with Gasteiger partial charge in [-0.3, -0.25) is 13.6 Å². The third-order valence-electron chi connectivity index (χ3n) is 6.86. The highest BCUT2D eigenvalue weighted by Gasteiger charge is 2.20. The molecule has 1 aliphatic heterocycles. The van der Waals surface area contributed by atoms with Gasteiger partial charge in [-0.1, -0.05) is 13.8 Å². The maximum absolute atomic E-state index is 13.2. The summed E-state index contributed by atoms with van der Waals surface area (Å²) < 4.78 is 14.8. The molecule has 1 saturated heterocycles. The zero-order chi connectivity index (χ0) is 27.5. The Morgan fingerprint density at radius 3 is 2.69 bits per heavy atom. The van der Waals surface area contributed by atoms with Crippen molar-refractivity contribution in [2.24, 2.45) is 0 Å². The lowest BCUT2D eigenvalue weighted by atomic mass is 10.0. The van der Waals surface area contributed by atoms with Crippen molar-refractivity contribution in [3.05, 3.63) is 63.7 Å². The zero-order valence-corrected chi connectivity index (χ0v) is 23.7. The molecule has 3 aromatic heterocycles. The summed E-state index contributed by atoms with van der Waals surface area (Å²) in [7, 11) is 0.878. The molecular weight excluding hydrogens is 532 g/mol. The molecule has 12 heteroatoms. The summed E-state index contributed by atoms with van der Waals surface area (Å²) in [6, 6.07) is 12.1. The zero-order valence-electron chi connectivity index (χ0n) is 22.0. The number of aromatic nitrogens is 4. The van der Waals surface area contributed by atoms with E-state index < -0.39 is 16.4 Å². The van der Waals surface area contributed by atoms with Gasteiger partial charge in [0.2, 0.25) is 5.95 Å². The van der Waals surface area contributed by atoms with Gasteiger partial charge in [-0.25, -0.2) is 9.97 Å². The Labute approximate surface area is 233 Å². The number of benzene rings is 1. The number of hydrogen-bond acceptors (Lipinski definition) is 10. The Morgan fingerprint density at radius 1 is 1.26 bits per heavy atom. The number of nitrogens with zero attached hydrogens (tertiary/aromatic N) is 6. The van der Waals surface area contributed by atoms with Gasteiger partial charge in [0.1, 0.15) is 21.5 Å². The summed E-state index contributed by atoms with van der Waals surface area (Å²) in [6.45, 7) is 5.88. The molecule has 1 fully saturated rings. The summed E-state index contributed by atoms with van der Waals surface area (Å²) in [4.78, 5) is 29.0. The van der Waals surface area contributed by atoms with Crippen molar-refractivity contribution < 1.29 is 4.21 Å². The quantitative estimate of drug-likeness (QED) is 0.331. The Bertz CT molecular complexity index is 1600.